The van der Waals surface area contributed by atoms with Crippen LogP contribution in [0.2, 0.25) is 0 Å². The van der Waals surface area contributed by atoms with E-state index >= 15 is 0 Å². The minimum Gasteiger partial charge on any atom is -0.507 e. The molecule has 1 aromatic carbocycles. The molecule has 1 amide bonds. The zero-order chi connectivity index (χ0) is 17.2. The maximum absolute atomic E-state index is 12.3. The Bertz CT molecular complexity index is 816. The summed E-state index contributed by atoms with van der Waals surface area (Å²) >= 11 is 1.21. The molecule has 0 aliphatic rings. The summed E-state index contributed by atoms with van der Waals surface area (Å²) in [6.07, 6.45) is 5.95. The first kappa shape index (κ1) is 16.7. The molecule has 1 heterocycles. The van der Waals surface area contributed by atoms with E-state index in [2.05, 4.69) is 16.2 Å². The molecule has 5 nitrogen and oxygen atoms in total. The first-order chi connectivity index (χ1) is 10.8. The number of carbonyl (C=O) groups is 2. The van der Waals surface area contributed by atoms with E-state index in [1.807, 2.05) is 0 Å². The number of aromatic hydroxyl groups is 1. The molecule has 0 bridgehead atoms. The van der Waals surface area contributed by atoms with Gasteiger partial charge in [0.25, 0.3) is 5.91 Å². The number of phenols is 1. The Labute approximate surface area is 138 Å². The van der Waals surface area contributed by atoms with Gasteiger partial charge in [0, 0.05) is 5.56 Å². The largest absolute Gasteiger partial charge is 0.507 e. The highest BCUT2D eigenvalue weighted by Crippen LogP contribution is 2.30. The third-order valence-electron chi connectivity index (χ3n) is 3.19. The second-order valence-electron chi connectivity index (χ2n) is 5.55. The molecule has 1 aromatic heterocycles. The van der Waals surface area contributed by atoms with Crippen LogP contribution in [0.4, 0.5) is 0 Å². The van der Waals surface area contributed by atoms with Crippen molar-refractivity contribution in [1.29, 1.82) is 0 Å². The van der Waals surface area contributed by atoms with E-state index in [4.69, 9.17) is 6.42 Å². The van der Waals surface area contributed by atoms with Gasteiger partial charge in [-0.15, -0.1) is 17.8 Å². The number of terminal acetylenes is 1. The molecule has 0 saturated heterocycles. The number of aryl methyl sites for hydroxylation is 1. The molecule has 0 unspecified atom stereocenters. The third kappa shape index (κ3) is 3.58. The number of benzene rings is 1. The van der Waals surface area contributed by atoms with Gasteiger partial charge in [0.05, 0.1) is 16.8 Å². The SMILES string of the molecule is C#CC(C)(C)NC(=O)c1sc(-c2ccc(O)c(C=O)c2)nc1C. The Morgan fingerprint density at radius 2 is 2.17 bits per heavy atom. The van der Waals surface area contributed by atoms with Crippen molar-refractivity contribution in [1.82, 2.24) is 10.3 Å². The Morgan fingerprint density at radius 1 is 1.48 bits per heavy atom. The minimum absolute atomic E-state index is 0.0919. The van der Waals surface area contributed by atoms with Crippen LogP contribution in [0.25, 0.3) is 10.6 Å². The second-order valence-corrected chi connectivity index (χ2v) is 6.55. The smallest absolute Gasteiger partial charge is 0.264 e. The van der Waals surface area contributed by atoms with Gasteiger partial charge in [0.2, 0.25) is 0 Å². The Hall–Kier alpha value is -2.65. The molecule has 118 valence electrons. The number of aldehydes is 1. The topological polar surface area (TPSA) is 79.3 Å². The average molecular weight is 328 g/mol. The number of amides is 1. The van der Waals surface area contributed by atoms with Crippen LogP contribution in [-0.4, -0.2) is 27.8 Å². The Balaban J connectivity index is 2.37. The maximum atomic E-state index is 12.3. The summed E-state index contributed by atoms with van der Waals surface area (Å²) in [5.74, 6) is 2.13. The molecule has 2 N–H and O–H groups in total. The van der Waals surface area contributed by atoms with Gasteiger partial charge in [-0.25, -0.2) is 4.98 Å². The van der Waals surface area contributed by atoms with Gasteiger partial charge < -0.3 is 10.4 Å². The van der Waals surface area contributed by atoms with Gasteiger partial charge in [-0.3, -0.25) is 9.59 Å². The van der Waals surface area contributed by atoms with Gasteiger partial charge in [-0.2, -0.15) is 0 Å². The molecule has 6 heteroatoms. The monoisotopic (exact) mass is 328 g/mol. The highest BCUT2D eigenvalue weighted by molar-refractivity contribution is 7.17. The fourth-order valence-corrected chi connectivity index (χ4v) is 2.85. The van der Waals surface area contributed by atoms with E-state index in [9.17, 15) is 14.7 Å². The van der Waals surface area contributed by atoms with Gasteiger partial charge in [-0.05, 0) is 39.0 Å². The van der Waals surface area contributed by atoms with Crippen LogP contribution >= 0.6 is 11.3 Å². The minimum atomic E-state index is -0.753. The number of thiazole rings is 1. The van der Waals surface area contributed by atoms with Crippen LogP contribution in [0, 0.1) is 19.3 Å². The summed E-state index contributed by atoms with van der Waals surface area (Å²) in [4.78, 5) is 28.1. The molecule has 0 atom stereocenters. The molecule has 2 rings (SSSR count). The lowest BCUT2D eigenvalue weighted by Gasteiger charge is -2.18. The molecule has 0 fully saturated rings. The first-order valence-corrected chi connectivity index (χ1v) is 7.65. The van der Waals surface area contributed by atoms with Crippen molar-refractivity contribution in [3.05, 3.63) is 34.3 Å². The van der Waals surface area contributed by atoms with Gasteiger partial charge in [0.1, 0.15) is 15.6 Å². The summed E-state index contributed by atoms with van der Waals surface area (Å²) < 4.78 is 0. The van der Waals surface area contributed by atoms with Crippen molar-refractivity contribution in [3.8, 4) is 28.7 Å². The van der Waals surface area contributed by atoms with Crippen LogP contribution in [0.3, 0.4) is 0 Å². The molecule has 0 saturated carbocycles. The lowest BCUT2D eigenvalue weighted by atomic mass is 10.1. The predicted molar refractivity (Wildman–Crippen MR) is 89.7 cm³/mol. The highest BCUT2D eigenvalue weighted by Gasteiger charge is 2.22. The van der Waals surface area contributed by atoms with Crippen LogP contribution < -0.4 is 5.32 Å². The zero-order valence-electron chi connectivity index (χ0n) is 13.0. The van der Waals surface area contributed by atoms with Crippen molar-refractivity contribution >= 4 is 23.5 Å². The zero-order valence-corrected chi connectivity index (χ0v) is 13.8. The van der Waals surface area contributed by atoms with Gasteiger partial charge in [-0.1, -0.05) is 5.92 Å². The molecular formula is C17H16N2O3S. The summed E-state index contributed by atoms with van der Waals surface area (Å²) in [7, 11) is 0. The molecule has 0 aliphatic carbocycles. The third-order valence-corrected chi connectivity index (χ3v) is 4.40. The van der Waals surface area contributed by atoms with Gasteiger partial charge in [0.15, 0.2) is 6.29 Å². The highest BCUT2D eigenvalue weighted by atomic mass is 32.1. The number of rotatable bonds is 4. The van der Waals surface area contributed by atoms with Crippen molar-refractivity contribution in [2.45, 2.75) is 26.3 Å². The van der Waals surface area contributed by atoms with Gasteiger partial charge >= 0.3 is 0 Å². The number of hydrogen-bond acceptors (Lipinski definition) is 5. The van der Waals surface area contributed by atoms with E-state index in [1.165, 1.54) is 23.5 Å². The summed E-state index contributed by atoms with van der Waals surface area (Å²) in [6, 6.07) is 4.61. The van der Waals surface area contributed by atoms with Crippen molar-refractivity contribution in [3.63, 3.8) is 0 Å². The molecule has 0 spiro atoms. The lowest BCUT2D eigenvalue weighted by molar-refractivity contribution is 0.0933. The van der Waals surface area contributed by atoms with Crippen molar-refractivity contribution in [2.24, 2.45) is 0 Å². The first-order valence-electron chi connectivity index (χ1n) is 6.83. The van der Waals surface area contributed by atoms with Crippen molar-refractivity contribution in [2.75, 3.05) is 0 Å². The van der Waals surface area contributed by atoms with E-state index in [0.29, 0.717) is 27.4 Å². The summed E-state index contributed by atoms with van der Waals surface area (Å²) in [5.41, 5.74) is 0.663. The normalized spacial score (nSPS) is 10.9. The van der Waals surface area contributed by atoms with E-state index < -0.39 is 5.54 Å². The number of aromatic nitrogens is 1. The van der Waals surface area contributed by atoms with Crippen LogP contribution in [0.5, 0.6) is 5.75 Å². The van der Waals surface area contributed by atoms with Crippen LogP contribution in [-0.2, 0) is 0 Å². The molecule has 2 aromatic rings. The number of nitrogens with zero attached hydrogens (tertiary/aromatic N) is 1. The number of carbonyl (C=O) groups excluding carboxylic acids is 2. The molecule has 0 radical (unpaired) electrons. The Kier molecular flexibility index (Phi) is 4.52. The van der Waals surface area contributed by atoms with Crippen LogP contribution in [0.15, 0.2) is 18.2 Å². The quantitative estimate of drug-likeness (QED) is 0.668. The fourth-order valence-electron chi connectivity index (χ4n) is 1.89. The van der Waals surface area contributed by atoms with E-state index in [0.717, 1.165) is 0 Å². The lowest BCUT2D eigenvalue weighted by Crippen LogP contribution is -2.42. The number of hydrogen-bond donors (Lipinski definition) is 2. The standard InChI is InChI=1S/C17H16N2O3S/c1-5-17(3,4)19-15(22)14-10(2)18-16(23-14)11-6-7-13(21)12(8-11)9-20/h1,6-9,21H,2-4H3,(H,19,22). The fraction of sp³-hybridized carbons (Fsp3) is 0.235. The average Bonchev–Trinajstić information content (AvgIpc) is 2.89. The van der Waals surface area contributed by atoms with E-state index in [-0.39, 0.29) is 17.2 Å². The number of nitrogens with one attached hydrogen (secondary N) is 1. The summed E-state index contributed by atoms with van der Waals surface area (Å²) in [6.45, 7) is 5.20. The molecular weight excluding hydrogens is 312 g/mol. The van der Waals surface area contributed by atoms with Crippen LogP contribution in [0.1, 0.15) is 39.6 Å². The Morgan fingerprint density at radius 3 is 2.78 bits per heavy atom. The second kappa shape index (κ2) is 6.23. The number of phenolic OH excluding ortho intramolecular Hbond substituents is 1. The maximum Gasteiger partial charge on any atom is 0.264 e. The van der Waals surface area contributed by atoms with E-state index in [1.54, 1.807) is 26.8 Å². The predicted octanol–water partition coefficient (Wildman–Crippen LogP) is 2.78. The molecule has 23 heavy (non-hydrogen) atoms. The van der Waals surface area contributed by atoms with Crippen molar-refractivity contribution < 1.29 is 14.7 Å². The summed E-state index contributed by atoms with van der Waals surface area (Å²) in [5, 5.41) is 12.9. The molecule has 0 aliphatic heterocycles.